The summed E-state index contributed by atoms with van der Waals surface area (Å²) in [5.41, 5.74) is 1.41. The number of halogens is 4. The largest absolute Gasteiger partial charge is 0.406 e. The molecule has 4 aromatic rings. The lowest BCUT2D eigenvalue weighted by molar-refractivity contribution is -0.139. The van der Waals surface area contributed by atoms with Gasteiger partial charge in [0.1, 0.15) is 23.9 Å². The van der Waals surface area contributed by atoms with E-state index in [-0.39, 0.29) is 27.6 Å². The van der Waals surface area contributed by atoms with Crippen LogP contribution in [0.15, 0.2) is 49.1 Å². The molecule has 0 unspecified atom stereocenters. The smallest absolute Gasteiger partial charge is 0.327 e. The number of nitrogens with one attached hydrogen (secondary N) is 1. The maximum absolute atomic E-state index is 13.1. The van der Waals surface area contributed by atoms with E-state index >= 15 is 0 Å². The van der Waals surface area contributed by atoms with Crippen molar-refractivity contribution in [3.8, 4) is 0 Å². The number of pyridine rings is 1. The summed E-state index contributed by atoms with van der Waals surface area (Å²) in [5, 5.41) is 3.05. The molecule has 0 aliphatic heterocycles. The number of rotatable bonds is 3. The summed E-state index contributed by atoms with van der Waals surface area (Å²) in [6, 6.07) is 7.79. The van der Waals surface area contributed by atoms with Gasteiger partial charge in [0.2, 0.25) is 0 Å². The maximum Gasteiger partial charge on any atom is 0.406 e. The van der Waals surface area contributed by atoms with Gasteiger partial charge in [-0.25, -0.2) is 9.97 Å². The molecule has 10 heteroatoms. The van der Waals surface area contributed by atoms with Gasteiger partial charge in [-0.3, -0.25) is 9.78 Å². The standard InChI is InChI=1S/C18H11ClF3N5O/c19-16-15-14(24-9-25-16)12-6-11(26-17(28)10-2-1-5-23-7-10)3-4-13(12)27(15)8-18(20,21)22/h1-7,9H,8H2,(H,26,28). The normalized spacial score (nSPS) is 11.9. The zero-order valence-corrected chi connectivity index (χ0v) is 14.8. The van der Waals surface area contributed by atoms with Gasteiger partial charge in [-0.1, -0.05) is 11.6 Å². The van der Waals surface area contributed by atoms with Gasteiger partial charge in [0.25, 0.3) is 5.91 Å². The highest BCUT2D eigenvalue weighted by atomic mass is 35.5. The minimum Gasteiger partial charge on any atom is -0.327 e. The van der Waals surface area contributed by atoms with Crippen molar-refractivity contribution in [1.82, 2.24) is 19.5 Å². The summed E-state index contributed by atoms with van der Waals surface area (Å²) in [5.74, 6) is -0.390. The SMILES string of the molecule is O=C(Nc1ccc2c(c1)c1ncnc(Cl)c1n2CC(F)(F)F)c1cccnc1. The molecule has 0 saturated heterocycles. The van der Waals surface area contributed by atoms with Crippen molar-refractivity contribution < 1.29 is 18.0 Å². The minimum atomic E-state index is -4.45. The van der Waals surface area contributed by atoms with Crippen molar-refractivity contribution in [2.24, 2.45) is 0 Å². The highest BCUT2D eigenvalue weighted by molar-refractivity contribution is 6.34. The second kappa shape index (κ2) is 6.75. The number of fused-ring (bicyclic) bond motifs is 3. The summed E-state index contributed by atoms with van der Waals surface area (Å²) in [7, 11) is 0. The fourth-order valence-electron chi connectivity index (χ4n) is 3.00. The van der Waals surface area contributed by atoms with E-state index in [0.717, 1.165) is 4.57 Å². The molecule has 4 rings (SSSR count). The highest BCUT2D eigenvalue weighted by Crippen LogP contribution is 2.34. The van der Waals surface area contributed by atoms with Crippen LogP contribution in [-0.4, -0.2) is 31.6 Å². The summed E-state index contributed by atoms with van der Waals surface area (Å²) in [6.45, 7) is -1.23. The molecule has 0 spiro atoms. The first-order valence-electron chi connectivity index (χ1n) is 8.04. The average molecular weight is 406 g/mol. The highest BCUT2D eigenvalue weighted by Gasteiger charge is 2.30. The van der Waals surface area contributed by atoms with E-state index in [0.29, 0.717) is 16.6 Å². The summed E-state index contributed by atoms with van der Waals surface area (Å²) in [4.78, 5) is 24.1. The van der Waals surface area contributed by atoms with Crippen LogP contribution in [0.3, 0.4) is 0 Å². The molecule has 1 aromatic carbocycles. The van der Waals surface area contributed by atoms with Gasteiger partial charge < -0.3 is 9.88 Å². The van der Waals surface area contributed by atoms with E-state index in [9.17, 15) is 18.0 Å². The molecular formula is C18H11ClF3N5O. The lowest BCUT2D eigenvalue weighted by Gasteiger charge is -2.11. The van der Waals surface area contributed by atoms with Crippen LogP contribution < -0.4 is 5.32 Å². The molecule has 3 aromatic heterocycles. The number of carbonyl (C=O) groups excluding carboxylic acids is 1. The Labute approximate surface area is 161 Å². The molecule has 0 bridgehead atoms. The topological polar surface area (TPSA) is 72.7 Å². The van der Waals surface area contributed by atoms with Gasteiger partial charge in [-0.15, -0.1) is 0 Å². The predicted octanol–water partition coefficient (Wildman–Crippen LogP) is 4.45. The number of alkyl halides is 3. The Morgan fingerprint density at radius 3 is 2.75 bits per heavy atom. The Bertz CT molecular complexity index is 1190. The van der Waals surface area contributed by atoms with E-state index in [4.69, 9.17) is 11.6 Å². The quantitative estimate of drug-likeness (QED) is 0.511. The molecule has 28 heavy (non-hydrogen) atoms. The van der Waals surface area contributed by atoms with Crippen molar-refractivity contribution in [2.45, 2.75) is 12.7 Å². The average Bonchev–Trinajstić information content (AvgIpc) is 2.95. The number of amides is 1. The van der Waals surface area contributed by atoms with Crippen LogP contribution >= 0.6 is 11.6 Å². The van der Waals surface area contributed by atoms with Gasteiger partial charge >= 0.3 is 6.18 Å². The van der Waals surface area contributed by atoms with E-state index in [2.05, 4.69) is 20.3 Å². The van der Waals surface area contributed by atoms with E-state index in [1.54, 1.807) is 24.4 Å². The van der Waals surface area contributed by atoms with E-state index in [1.165, 1.54) is 24.7 Å². The third-order valence-corrected chi connectivity index (χ3v) is 4.39. The van der Waals surface area contributed by atoms with Gasteiger partial charge in [-0.2, -0.15) is 13.2 Å². The van der Waals surface area contributed by atoms with Crippen LogP contribution in [0.25, 0.3) is 21.9 Å². The fraction of sp³-hybridized carbons (Fsp3) is 0.111. The molecule has 0 saturated carbocycles. The van der Waals surface area contributed by atoms with Crippen LogP contribution in [0.1, 0.15) is 10.4 Å². The Hall–Kier alpha value is -3.20. The lowest BCUT2D eigenvalue weighted by Crippen LogP contribution is -2.17. The number of carbonyl (C=O) groups is 1. The van der Waals surface area contributed by atoms with Crippen molar-refractivity contribution >= 4 is 45.1 Å². The zero-order chi connectivity index (χ0) is 19.9. The molecule has 6 nitrogen and oxygen atoms in total. The van der Waals surface area contributed by atoms with E-state index in [1.807, 2.05) is 0 Å². The van der Waals surface area contributed by atoms with Gasteiger partial charge in [-0.05, 0) is 30.3 Å². The number of anilines is 1. The number of benzene rings is 1. The third kappa shape index (κ3) is 3.36. The van der Waals surface area contributed by atoms with Crippen LogP contribution in [0.4, 0.5) is 18.9 Å². The predicted molar refractivity (Wildman–Crippen MR) is 98.3 cm³/mol. The van der Waals surface area contributed by atoms with Gasteiger partial charge in [0, 0.05) is 23.5 Å². The maximum atomic E-state index is 13.1. The molecule has 0 aliphatic carbocycles. The van der Waals surface area contributed by atoms with E-state index < -0.39 is 12.7 Å². The minimum absolute atomic E-state index is 0.0774. The van der Waals surface area contributed by atoms with Crippen molar-refractivity contribution in [1.29, 1.82) is 0 Å². The Balaban J connectivity index is 1.83. The number of nitrogens with zero attached hydrogens (tertiary/aromatic N) is 4. The molecule has 0 fully saturated rings. The van der Waals surface area contributed by atoms with Crippen molar-refractivity contribution in [3.63, 3.8) is 0 Å². The summed E-state index contributed by atoms with van der Waals surface area (Å²) >= 11 is 6.05. The van der Waals surface area contributed by atoms with Crippen LogP contribution in [0, 0.1) is 0 Å². The lowest BCUT2D eigenvalue weighted by atomic mass is 10.2. The first-order valence-corrected chi connectivity index (χ1v) is 8.42. The third-order valence-electron chi connectivity index (χ3n) is 4.11. The van der Waals surface area contributed by atoms with Gasteiger partial charge in [0.05, 0.1) is 11.1 Å². The van der Waals surface area contributed by atoms with Crippen molar-refractivity contribution in [3.05, 3.63) is 59.8 Å². The molecule has 0 radical (unpaired) electrons. The van der Waals surface area contributed by atoms with Gasteiger partial charge in [0.15, 0.2) is 5.15 Å². The number of hydrogen-bond acceptors (Lipinski definition) is 4. The summed E-state index contributed by atoms with van der Waals surface area (Å²) in [6.07, 6.45) is -0.313. The molecule has 1 amide bonds. The number of aromatic nitrogens is 4. The van der Waals surface area contributed by atoms with Crippen LogP contribution in [0.2, 0.25) is 5.15 Å². The van der Waals surface area contributed by atoms with Crippen LogP contribution in [0.5, 0.6) is 0 Å². The molecule has 142 valence electrons. The Kier molecular flexibility index (Phi) is 4.38. The van der Waals surface area contributed by atoms with Crippen LogP contribution in [-0.2, 0) is 6.54 Å². The fourth-order valence-corrected chi connectivity index (χ4v) is 3.23. The number of hydrogen-bond donors (Lipinski definition) is 1. The molecule has 3 heterocycles. The second-order valence-electron chi connectivity index (χ2n) is 5.99. The Morgan fingerprint density at radius 2 is 2.04 bits per heavy atom. The molecule has 0 atom stereocenters. The second-order valence-corrected chi connectivity index (χ2v) is 6.35. The molecule has 1 N–H and O–H groups in total. The first kappa shape index (κ1) is 18.2. The van der Waals surface area contributed by atoms with Crippen molar-refractivity contribution in [2.75, 3.05) is 5.32 Å². The Morgan fingerprint density at radius 1 is 1.21 bits per heavy atom. The first-order chi connectivity index (χ1) is 13.3. The molecule has 0 aliphatic rings. The monoisotopic (exact) mass is 405 g/mol. The summed E-state index contributed by atoms with van der Waals surface area (Å²) < 4.78 is 40.3. The zero-order valence-electron chi connectivity index (χ0n) is 14.0. The molecular weight excluding hydrogens is 395 g/mol.